The molecule has 10 aromatic heterocycles. The Kier molecular flexibility index (Phi) is 36.5. The summed E-state index contributed by atoms with van der Waals surface area (Å²) in [5.41, 5.74) is 6.07. The molecule has 0 N–H and O–H groups in total. The second-order valence-corrected chi connectivity index (χ2v) is 52.5. The van der Waals surface area contributed by atoms with Crippen molar-refractivity contribution in [2.75, 3.05) is 0 Å². The SMILES string of the molecule is CCCCCCc1ccc(-c2ccc(-c3cc(F)c(-c4cc5c(s4)-c4sc(Br)cc4[Si]5(CC(CC)CCCC)CC(CC)CCCC)c4nsnc34)s2)s1.CCCCCCc1ccc(-c2ccc(-c3cc(F)c(-c4cc5c(s4)-c4sccc4[Si]5(CC(CC)CCCC)CC(CC)CCCC)c4nsnc34)s2)s1.ClC(Cl)Cl.[B]=NS. The van der Waals surface area contributed by atoms with E-state index in [1.165, 1.54) is 254 Å². The molecule has 2 aliphatic heterocycles. The summed E-state index contributed by atoms with van der Waals surface area (Å²) in [5, 5.41) is 8.83. The molecule has 4 atom stereocenters. The van der Waals surface area contributed by atoms with Crippen LogP contribution in [0.15, 0.2) is 98.4 Å². The van der Waals surface area contributed by atoms with E-state index in [1.807, 2.05) is 68.0 Å². The average molecular weight is 1890 g/mol. The molecule has 2 aromatic carbocycles. The van der Waals surface area contributed by atoms with Crippen molar-refractivity contribution in [1.29, 1.82) is 0 Å². The van der Waals surface area contributed by atoms with Gasteiger partial charge in [-0.15, -0.1) is 90.7 Å². The zero-order chi connectivity index (χ0) is 81.1. The number of fused-ring (bicyclic) bond motifs is 8. The van der Waals surface area contributed by atoms with Crippen molar-refractivity contribution in [3.05, 3.63) is 115 Å². The number of benzene rings is 2. The van der Waals surface area contributed by atoms with Crippen LogP contribution in [0.1, 0.15) is 233 Å². The van der Waals surface area contributed by atoms with Crippen LogP contribution in [0.5, 0.6) is 0 Å². The summed E-state index contributed by atoms with van der Waals surface area (Å²) in [7, 11) is 0.0635. The van der Waals surface area contributed by atoms with E-state index in [9.17, 15) is 0 Å². The van der Waals surface area contributed by atoms with Gasteiger partial charge in [-0.2, -0.15) is 17.5 Å². The Morgan fingerprint density at radius 2 is 0.746 bits per heavy atom. The van der Waals surface area contributed by atoms with Crippen molar-refractivity contribution in [2.45, 2.75) is 265 Å². The molecule has 0 saturated heterocycles. The topological polar surface area (TPSA) is 63.9 Å². The molecule has 4 unspecified atom stereocenters. The van der Waals surface area contributed by atoms with Crippen LogP contribution in [0, 0.1) is 35.3 Å². The van der Waals surface area contributed by atoms with E-state index in [-0.39, 0.29) is 11.6 Å². The van der Waals surface area contributed by atoms with Gasteiger partial charge >= 0.3 is 24.8 Å². The molecule has 25 heteroatoms. The number of hydrogen-bond acceptors (Lipinski definition) is 16. The maximum absolute atomic E-state index is 16.9. The van der Waals surface area contributed by atoms with Crippen LogP contribution in [-0.4, -0.2) is 45.6 Å². The number of aromatic nitrogens is 4. The van der Waals surface area contributed by atoms with Crippen LogP contribution in [-0.2, 0) is 12.8 Å². The van der Waals surface area contributed by atoms with Gasteiger partial charge in [-0.1, -0.05) is 251 Å². The van der Waals surface area contributed by atoms with Crippen LogP contribution in [0.4, 0.5) is 8.78 Å². The number of thiol groups is 1. The number of aryl methyl sites for hydroxylation is 2. The minimum absolute atomic E-state index is 0.178. The monoisotopic (exact) mass is 1890 g/mol. The third kappa shape index (κ3) is 21.8. The van der Waals surface area contributed by atoms with Crippen molar-refractivity contribution < 1.29 is 8.78 Å². The third-order valence-corrected chi connectivity index (χ3v) is 46.3. The van der Waals surface area contributed by atoms with Gasteiger partial charge < -0.3 is 0 Å². The molecule has 5 nitrogen and oxygen atoms in total. The van der Waals surface area contributed by atoms with E-state index < -0.39 is 20.4 Å². The summed E-state index contributed by atoms with van der Waals surface area (Å²) in [5.74, 6) is 2.54. The van der Waals surface area contributed by atoms with Crippen LogP contribution in [0.2, 0.25) is 24.2 Å². The molecular weight excluding hydrogens is 1780 g/mol. The first-order valence-corrected chi connectivity index (χ1v) is 57.2. The Labute approximate surface area is 751 Å². The number of halogens is 6. The number of hydrogen-bond donors (Lipinski definition) is 1. The summed E-state index contributed by atoms with van der Waals surface area (Å²) in [4.78, 5) is 17.9. The summed E-state index contributed by atoms with van der Waals surface area (Å²) in [6, 6.07) is 36.4. The molecule has 0 aliphatic carbocycles. The number of alkyl halides is 3. The first-order chi connectivity index (χ1) is 55.4. The Morgan fingerprint density at radius 1 is 0.404 bits per heavy atom. The molecule has 0 fully saturated rings. The fourth-order valence-corrected chi connectivity index (χ4v) is 44.3. The molecule has 12 aromatic rings. The summed E-state index contributed by atoms with van der Waals surface area (Å²) >= 11 is 38.7. The van der Waals surface area contributed by atoms with Gasteiger partial charge in [0.15, 0.2) is 4.30 Å². The Bertz CT molecular complexity index is 4970. The summed E-state index contributed by atoms with van der Waals surface area (Å²) in [6.45, 7) is 23.5. The van der Waals surface area contributed by atoms with Gasteiger partial charge in [0.25, 0.3) is 0 Å². The van der Waals surface area contributed by atoms with E-state index in [1.54, 1.807) is 55.6 Å². The summed E-state index contributed by atoms with van der Waals surface area (Å²) in [6.07, 6.45) is 32.9. The van der Waals surface area contributed by atoms with Gasteiger partial charge in [-0.25, -0.2) is 8.78 Å². The number of unbranched alkanes of at least 4 members (excludes halogenated alkanes) is 10. The molecule has 1 radical (unpaired) electrons. The summed E-state index contributed by atoms with van der Waals surface area (Å²) < 4.78 is 56.1. The van der Waals surface area contributed by atoms with Crippen molar-refractivity contribution in [2.24, 2.45) is 28.0 Å². The molecule has 0 spiro atoms. The zero-order valence-electron chi connectivity index (χ0n) is 67.9. The van der Waals surface area contributed by atoms with Crippen molar-refractivity contribution >= 4 is 244 Å². The Morgan fingerprint density at radius 3 is 1.14 bits per heavy atom. The quantitative estimate of drug-likeness (QED) is 0.0180. The fourth-order valence-electron chi connectivity index (χ4n) is 17.5. The van der Waals surface area contributed by atoms with Crippen molar-refractivity contribution in [3.63, 3.8) is 0 Å². The first kappa shape index (κ1) is 92.3. The van der Waals surface area contributed by atoms with E-state index in [0.29, 0.717) is 34.0 Å². The number of thiophene rings is 8. The van der Waals surface area contributed by atoms with Crippen LogP contribution in [0.3, 0.4) is 0 Å². The van der Waals surface area contributed by atoms with Crippen LogP contribution in [0.25, 0.3) is 103 Å². The van der Waals surface area contributed by atoms with E-state index in [4.69, 9.17) is 52.3 Å². The maximum atomic E-state index is 16.9. The Balaban J connectivity index is 0.000000208. The van der Waals surface area contributed by atoms with Gasteiger partial charge in [-0.05, 0) is 194 Å². The standard InChI is InChI=1S/C44H54BrFN2S5Si.C44H55FN2S5Si.CHCl3.BHNS/c1-6-11-14-15-18-30-19-20-34(49-30)35-22-21-33(50-35)31-23-32(46)40(42-41(31)47-53-48-42)36-24-37-43(51-36)44-38(25-39(45)52-44)54(37,26-28(9-4)16-12-7-2)27-29(10-5)17-13-8-3;1-6-11-14-15-18-31-19-20-35(49-31)36-22-21-34(50-36)32-25-33(45)40(42-41(32)46-52-47-42)37-26-39-44(51-37)43-38(23-24-48-43)53(39,27-29(9-4)16-12-7-2)28-30(10-5)17-13-8-3;2-1(3)4;1-2-3/h19-25,28-29H,6-18,26-27H2,1-5H3;19-26,29-30H,6-18,27-28H2,1-5H3;1H;3H. The molecule has 0 amide bonds. The predicted octanol–water partition coefficient (Wildman–Crippen LogP) is 33.3. The molecule has 611 valence electrons. The number of rotatable bonds is 40. The van der Waals surface area contributed by atoms with Gasteiger partial charge in [0.2, 0.25) is 0 Å². The van der Waals surface area contributed by atoms with Crippen LogP contribution < -0.4 is 20.7 Å². The molecule has 0 saturated carbocycles. The van der Waals surface area contributed by atoms with Gasteiger partial charge in [-0.3, -0.25) is 0 Å². The molecule has 2 aliphatic rings. The van der Waals surface area contributed by atoms with E-state index in [2.05, 4.69) is 188 Å². The minimum atomic E-state index is -2.17. The normalized spacial score (nSPS) is 15.8. The van der Waals surface area contributed by atoms with Crippen molar-refractivity contribution in [3.8, 4) is 80.8 Å². The second-order valence-electron chi connectivity index (χ2n) is 31.1. The van der Waals surface area contributed by atoms with E-state index >= 15 is 8.78 Å². The van der Waals surface area contributed by atoms with Crippen LogP contribution >= 0.6 is 178 Å². The average Bonchev–Trinajstić information content (AvgIpc) is 1.62. The fraction of sp³-hybridized carbons (Fsp3) is 0.506. The van der Waals surface area contributed by atoms with Gasteiger partial charge in [0.1, 0.15) is 49.8 Å². The molecule has 114 heavy (non-hydrogen) atoms. The molecular formula is C89H111BBrCl3F2N5S11Si2. The van der Waals surface area contributed by atoms with E-state index in [0.717, 1.165) is 66.3 Å². The first-order valence-electron chi connectivity index (χ1n) is 41.8. The van der Waals surface area contributed by atoms with Crippen molar-refractivity contribution in [1.82, 2.24) is 17.5 Å². The number of nitrogens with zero attached hydrogens (tertiary/aromatic N) is 5. The molecule has 14 rings (SSSR count). The molecule has 12 heterocycles. The zero-order valence-corrected chi connectivity index (χ0v) is 82.8. The Hall–Kier alpha value is -2.46. The molecule has 0 bridgehead atoms. The predicted molar refractivity (Wildman–Crippen MR) is 526 cm³/mol. The third-order valence-electron chi connectivity index (χ3n) is 23.6. The van der Waals surface area contributed by atoms with Gasteiger partial charge in [0.05, 0.1) is 38.4 Å². The van der Waals surface area contributed by atoms with Gasteiger partial charge in [0, 0.05) is 79.4 Å². The second kappa shape index (κ2) is 45.1.